The van der Waals surface area contributed by atoms with E-state index in [9.17, 15) is 0 Å². The van der Waals surface area contributed by atoms with Gasteiger partial charge in [-0.15, -0.1) is 0 Å². The highest BCUT2D eigenvalue weighted by Crippen LogP contribution is 2.31. The Hall–Kier alpha value is -1.03. The molecule has 0 bridgehead atoms. The lowest BCUT2D eigenvalue weighted by atomic mass is 10.0. The number of halogens is 1. The molecular formula is C15H17ClN2S. The van der Waals surface area contributed by atoms with Gasteiger partial charge in [0.05, 0.1) is 0 Å². The molecule has 1 unspecified atom stereocenters. The highest BCUT2D eigenvalue weighted by atomic mass is 35.5. The standard InChI is InChI=1S/C15H17ClN2S/c1-2-13(17)10-11-9-12(16)6-7-14(11)19-15-5-3-4-8-18-15/h3-9,13H,2,10,17H2,1H3. The zero-order valence-electron chi connectivity index (χ0n) is 10.8. The second-order valence-electron chi connectivity index (χ2n) is 4.39. The van der Waals surface area contributed by atoms with E-state index in [1.165, 1.54) is 10.5 Å². The van der Waals surface area contributed by atoms with E-state index in [1.54, 1.807) is 18.0 Å². The van der Waals surface area contributed by atoms with Crippen molar-refractivity contribution in [3.8, 4) is 0 Å². The van der Waals surface area contributed by atoms with Crippen molar-refractivity contribution < 1.29 is 0 Å². The predicted octanol–water partition coefficient (Wildman–Crippen LogP) is 4.17. The first-order valence-electron chi connectivity index (χ1n) is 6.32. The molecule has 1 aromatic heterocycles. The first-order chi connectivity index (χ1) is 9.19. The molecule has 0 radical (unpaired) electrons. The van der Waals surface area contributed by atoms with Crippen molar-refractivity contribution in [1.82, 2.24) is 4.98 Å². The Bertz CT molecular complexity index is 531. The maximum absolute atomic E-state index is 6.08. The summed E-state index contributed by atoms with van der Waals surface area (Å²) in [4.78, 5) is 5.51. The highest BCUT2D eigenvalue weighted by molar-refractivity contribution is 7.99. The van der Waals surface area contributed by atoms with Crippen LogP contribution in [-0.4, -0.2) is 11.0 Å². The summed E-state index contributed by atoms with van der Waals surface area (Å²) in [7, 11) is 0. The number of aromatic nitrogens is 1. The van der Waals surface area contributed by atoms with Crippen molar-refractivity contribution in [3.05, 3.63) is 53.2 Å². The Morgan fingerprint density at radius 2 is 2.16 bits per heavy atom. The van der Waals surface area contributed by atoms with Crippen molar-refractivity contribution >= 4 is 23.4 Å². The van der Waals surface area contributed by atoms with Crippen LogP contribution in [0.15, 0.2) is 52.5 Å². The molecule has 0 aliphatic rings. The van der Waals surface area contributed by atoms with Gasteiger partial charge in [-0.25, -0.2) is 4.98 Å². The van der Waals surface area contributed by atoms with Gasteiger partial charge >= 0.3 is 0 Å². The SMILES string of the molecule is CCC(N)Cc1cc(Cl)ccc1Sc1ccccn1. The Balaban J connectivity index is 2.24. The molecule has 1 heterocycles. The first kappa shape index (κ1) is 14.4. The van der Waals surface area contributed by atoms with E-state index < -0.39 is 0 Å². The molecular weight excluding hydrogens is 276 g/mol. The normalized spacial score (nSPS) is 12.4. The highest BCUT2D eigenvalue weighted by Gasteiger charge is 2.09. The second kappa shape index (κ2) is 6.94. The van der Waals surface area contributed by atoms with Crippen LogP contribution in [0.2, 0.25) is 5.02 Å². The van der Waals surface area contributed by atoms with E-state index in [4.69, 9.17) is 17.3 Å². The number of rotatable bonds is 5. The zero-order chi connectivity index (χ0) is 13.7. The zero-order valence-corrected chi connectivity index (χ0v) is 12.4. The lowest BCUT2D eigenvalue weighted by Crippen LogP contribution is -2.21. The van der Waals surface area contributed by atoms with Gasteiger partial charge in [0, 0.05) is 22.2 Å². The molecule has 0 aliphatic heterocycles. The van der Waals surface area contributed by atoms with Crippen LogP contribution in [0.25, 0.3) is 0 Å². The minimum absolute atomic E-state index is 0.168. The van der Waals surface area contributed by atoms with Crippen molar-refractivity contribution in [1.29, 1.82) is 0 Å². The summed E-state index contributed by atoms with van der Waals surface area (Å²) in [5.74, 6) is 0. The second-order valence-corrected chi connectivity index (χ2v) is 5.89. The topological polar surface area (TPSA) is 38.9 Å². The average Bonchev–Trinajstić information content (AvgIpc) is 2.43. The summed E-state index contributed by atoms with van der Waals surface area (Å²) in [6, 6.07) is 12.0. The Morgan fingerprint density at radius 3 is 2.84 bits per heavy atom. The molecule has 2 nitrogen and oxygen atoms in total. The van der Waals surface area contributed by atoms with Crippen LogP contribution < -0.4 is 5.73 Å². The molecule has 19 heavy (non-hydrogen) atoms. The minimum Gasteiger partial charge on any atom is -0.327 e. The van der Waals surface area contributed by atoms with Crippen molar-refractivity contribution in [3.63, 3.8) is 0 Å². The molecule has 0 spiro atoms. The Kier molecular flexibility index (Phi) is 5.25. The van der Waals surface area contributed by atoms with Crippen LogP contribution in [0.1, 0.15) is 18.9 Å². The van der Waals surface area contributed by atoms with Crippen LogP contribution in [0.4, 0.5) is 0 Å². The number of benzene rings is 1. The van der Waals surface area contributed by atoms with Gasteiger partial charge in [0.25, 0.3) is 0 Å². The maximum atomic E-state index is 6.08. The van der Waals surface area contributed by atoms with Crippen LogP contribution in [0.5, 0.6) is 0 Å². The minimum atomic E-state index is 0.168. The third-order valence-electron chi connectivity index (χ3n) is 2.88. The maximum Gasteiger partial charge on any atom is 0.101 e. The van der Waals surface area contributed by atoms with E-state index in [0.717, 1.165) is 22.9 Å². The average molecular weight is 293 g/mol. The fourth-order valence-electron chi connectivity index (χ4n) is 1.75. The monoisotopic (exact) mass is 292 g/mol. The van der Waals surface area contributed by atoms with E-state index in [0.29, 0.717) is 0 Å². The van der Waals surface area contributed by atoms with E-state index in [-0.39, 0.29) is 6.04 Å². The fraction of sp³-hybridized carbons (Fsp3) is 0.267. The molecule has 2 N–H and O–H groups in total. The summed E-state index contributed by atoms with van der Waals surface area (Å²) >= 11 is 7.73. The predicted molar refractivity (Wildman–Crippen MR) is 81.8 cm³/mol. The number of hydrogen-bond donors (Lipinski definition) is 1. The van der Waals surface area contributed by atoms with Crippen LogP contribution >= 0.6 is 23.4 Å². The van der Waals surface area contributed by atoms with Crippen LogP contribution in [-0.2, 0) is 6.42 Å². The molecule has 0 saturated heterocycles. The number of nitrogens with two attached hydrogens (primary N) is 1. The number of nitrogens with zero attached hydrogens (tertiary/aromatic N) is 1. The summed E-state index contributed by atoms with van der Waals surface area (Å²) in [5, 5.41) is 1.74. The Morgan fingerprint density at radius 1 is 1.32 bits per heavy atom. The molecule has 1 atom stereocenters. The van der Waals surface area contributed by atoms with Gasteiger partial charge in [-0.3, -0.25) is 0 Å². The van der Waals surface area contributed by atoms with Crippen molar-refractivity contribution in [2.24, 2.45) is 5.73 Å². The molecule has 2 rings (SSSR count). The van der Waals surface area contributed by atoms with Gasteiger partial charge in [0.15, 0.2) is 0 Å². The van der Waals surface area contributed by atoms with Gasteiger partial charge in [-0.05, 0) is 48.7 Å². The van der Waals surface area contributed by atoms with Crippen molar-refractivity contribution in [2.75, 3.05) is 0 Å². The third-order valence-corrected chi connectivity index (χ3v) is 4.19. The molecule has 4 heteroatoms. The molecule has 2 aromatic rings. The number of pyridine rings is 1. The molecule has 0 amide bonds. The summed E-state index contributed by atoms with van der Waals surface area (Å²) in [6.07, 6.45) is 3.60. The molecule has 100 valence electrons. The van der Waals surface area contributed by atoms with Crippen LogP contribution in [0, 0.1) is 0 Å². The summed E-state index contributed by atoms with van der Waals surface area (Å²) in [6.45, 7) is 2.10. The van der Waals surface area contributed by atoms with E-state index >= 15 is 0 Å². The van der Waals surface area contributed by atoms with Gasteiger partial charge in [-0.2, -0.15) is 0 Å². The summed E-state index contributed by atoms with van der Waals surface area (Å²) in [5.41, 5.74) is 7.24. The van der Waals surface area contributed by atoms with E-state index in [2.05, 4.69) is 11.9 Å². The van der Waals surface area contributed by atoms with Crippen molar-refractivity contribution in [2.45, 2.75) is 35.7 Å². The van der Waals surface area contributed by atoms with Crippen LogP contribution in [0.3, 0.4) is 0 Å². The van der Waals surface area contributed by atoms with Gasteiger partial charge in [-0.1, -0.05) is 36.4 Å². The molecule has 1 aromatic carbocycles. The quantitative estimate of drug-likeness (QED) is 0.899. The smallest absolute Gasteiger partial charge is 0.101 e. The molecule has 0 fully saturated rings. The molecule has 0 saturated carbocycles. The lowest BCUT2D eigenvalue weighted by Gasteiger charge is -2.13. The number of hydrogen-bond acceptors (Lipinski definition) is 3. The van der Waals surface area contributed by atoms with Gasteiger partial charge in [0.1, 0.15) is 5.03 Å². The Labute approximate surface area is 123 Å². The lowest BCUT2D eigenvalue weighted by molar-refractivity contribution is 0.641. The largest absolute Gasteiger partial charge is 0.327 e. The molecule has 0 aliphatic carbocycles. The van der Waals surface area contributed by atoms with Gasteiger partial charge < -0.3 is 5.73 Å². The van der Waals surface area contributed by atoms with Gasteiger partial charge in [0.2, 0.25) is 0 Å². The third kappa shape index (κ3) is 4.23. The first-order valence-corrected chi connectivity index (χ1v) is 7.51. The summed E-state index contributed by atoms with van der Waals surface area (Å²) < 4.78 is 0. The fourth-order valence-corrected chi connectivity index (χ4v) is 2.84. The van der Waals surface area contributed by atoms with E-state index in [1.807, 2.05) is 36.4 Å².